The molecule has 3 N–H and O–H groups in total. The maximum absolute atomic E-state index is 5.99. The summed E-state index contributed by atoms with van der Waals surface area (Å²) < 4.78 is 0. The Balaban J connectivity index is 1.73. The van der Waals surface area contributed by atoms with Crippen LogP contribution in [0, 0.1) is 0 Å². The molecule has 2 aromatic carbocycles. The Morgan fingerprint density at radius 2 is 1.89 bits per heavy atom. The number of hydrogen-bond acceptors (Lipinski definition) is 3. The summed E-state index contributed by atoms with van der Waals surface area (Å²) in [7, 11) is 0. The Hall–Kier alpha value is -1.45. The number of thioether (sulfide) groups is 1. The molecule has 0 radical (unpaired) electrons. The van der Waals surface area contributed by atoms with Crippen LogP contribution in [0.1, 0.15) is 23.6 Å². The van der Waals surface area contributed by atoms with Gasteiger partial charge in [-0.05, 0) is 35.4 Å². The van der Waals surface area contributed by atoms with Crippen molar-refractivity contribution in [2.24, 2.45) is 0 Å². The zero-order valence-corrected chi connectivity index (χ0v) is 11.6. The number of fused-ring (bicyclic) bond motifs is 1. The van der Waals surface area contributed by atoms with E-state index in [-0.39, 0.29) is 0 Å². The van der Waals surface area contributed by atoms with Crippen molar-refractivity contribution in [3.63, 3.8) is 0 Å². The fourth-order valence-corrected chi connectivity index (χ4v) is 3.61. The Morgan fingerprint density at radius 1 is 1.11 bits per heavy atom. The summed E-state index contributed by atoms with van der Waals surface area (Å²) in [5, 5.41) is 3.64. The number of benzene rings is 2. The van der Waals surface area contributed by atoms with Crippen LogP contribution >= 0.6 is 11.8 Å². The quantitative estimate of drug-likeness (QED) is 0.837. The second kappa shape index (κ2) is 5.68. The van der Waals surface area contributed by atoms with Crippen LogP contribution in [0.15, 0.2) is 53.4 Å². The SMILES string of the molecule is Nc1ccccc1CNC1CCSc2ccccc21. The lowest BCUT2D eigenvalue weighted by atomic mass is 10.0. The van der Waals surface area contributed by atoms with E-state index in [9.17, 15) is 0 Å². The van der Waals surface area contributed by atoms with Crippen LogP contribution in [-0.2, 0) is 6.54 Å². The van der Waals surface area contributed by atoms with Crippen LogP contribution in [0.3, 0.4) is 0 Å². The molecule has 2 aromatic rings. The van der Waals surface area contributed by atoms with Gasteiger partial charge in [0.1, 0.15) is 0 Å². The van der Waals surface area contributed by atoms with Gasteiger partial charge in [-0.3, -0.25) is 0 Å². The minimum absolute atomic E-state index is 0.442. The average molecular weight is 270 g/mol. The molecule has 1 unspecified atom stereocenters. The number of nitrogens with one attached hydrogen (secondary N) is 1. The second-order valence-electron chi connectivity index (χ2n) is 4.81. The van der Waals surface area contributed by atoms with Gasteiger partial charge in [-0.25, -0.2) is 0 Å². The number of anilines is 1. The van der Waals surface area contributed by atoms with Gasteiger partial charge in [0.2, 0.25) is 0 Å². The zero-order valence-electron chi connectivity index (χ0n) is 10.8. The number of para-hydroxylation sites is 1. The van der Waals surface area contributed by atoms with Crippen LogP contribution in [0.25, 0.3) is 0 Å². The van der Waals surface area contributed by atoms with E-state index in [1.54, 1.807) is 0 Å². The summed E-state index contributed by atoms with van der Waals surface area (Å²) in [4.78, 5) is 1.41. The third-order valence-electron chi connectivity index (χ3n) is 3.55. The molecule has 1 heterocycles. The Bertz CT molecular complexity index is 568. The molecule has 1 aliphatic rings. The minimum Gasteiger partial charge on any atom is -0.398 e. The first kappa shape index (κ1) is 12.6. The fourth-order valence-electron chi connectivity index (χ4n) is 2.48. The Morgan fingerprint density at radius 3 is 2.79 bits per heavy atom. The Labute approximate surface area is 118 Å². The van der Waals surface area contributed by atoms with Crippen LogP contribution in [0.2, 0.25) is 0 Å². The monoisotopic (exact) mass is 270 g/mol. The van der Waals surface area contributed by atoms with Crippen molar-refractivity contribution in [2.45, 2.75) is 23.9 Å². The molecular weight excluding hydrogens is 252 g/mol. The van der Waals surface area contributed by atoms with E-state index in [2.05, 4.69) is 35.6 Å². The topological polar surface area (TPSA) is 38.0 Å². The minimum atomic E-state index is 0.442. The molecule has 3 heteroatoms. The van der Waals surface area contributed by atoms with Gasteiger partial charge < -0.3 is 11.1 Å². The van der Waals surface area contributed by atoms with Crippen molar-refractivity contribution >= 4 is 17.4 Å². The number of rotatable bonds is 3. The molecule has 2 nitrogen and oxygen atoms in total. The predicted molar refractivity (Wildman–Crippen MR) is 82.2 cm³/mol. The summed E-state index contributed by atoms with van der Waals surface area (Å²) in [6, 6.07) is 17.2. The molecule has 0 bridgehead atoms. The maximum Gasteiger partial charge on any atom is 0.0359 e. The maximum atomic E-state index is 5.99. The first-order chi connectivity index (χ1) is 9.34. The Kier molecular flexibility index (Phi) is 3.76. The summed E-state index contributed by atoms with van der Waals surface area (Å²) in [6.45, 7) is 0.830. The molecule has 0 aromatic heterocycles. The molecule has 0 spiro atoms. The van der Waals surface area contributed by atoms with E-state index in [4.69, 9.17) is 5.73 Å². The van der Waals surface area contributed by atoms with Gasteiger partial charge in [0, 0.05) is 23.2 Å². The summed E-state index contributed by atoms with van der Waals surface area (Å²) in [5.74, 6) is 1.18. The predicted octanol–water partition coefficient (Wildman–Crippen LogP) is 3.60. The average Bonchev–Trinajstić information content (AvgIpc) is 2.46. The molecule has 19 heavy (non-hydrogen) atoms. The van der Waals surface area contributed by atoms with E-state index >= 15 is 0 Å². The summed E-state index contributed by atoms with van der Waals surface area (Å²) in [6.07, 6.45) is 1.18. The van der Waals surface area contributed by atoms with Gasteiger partial charge >= 0.3 is 0 Å². The van der Waals surface area contributed by atoms with Crippen molar-refractivity contribution in [3.8, 4) is 0 Å². The van der Waals surface area contributed by atoms with E-state index in [1.165, 1.54) is 28.2 Å². The van der Waals surface area contributed by atoms with E-state index in [1.807, 2.05) is 30.0 Å². The van der Waals surface area contributed by atoms with E-state index in [0.29, 0.717) is 6.04 Å². The molecule has 3 rings (SSSR count). The number of nitrogen functional groups attached to an aromatic ring is 1. The van der Waals surface area contributed by atoms with Gasteiger partial charge in [-0.2, -0.15) is 0 Å². The highest BCUT2D eigenvalue weighted by molar-refractivity contribution is 7.99. The van der Waals surface area contributed by atoms with Crippen LogP contribution in [-0.4, -0.2) is 5.75 Å². The number of nitrogens with two attached hydrogens (primary N) is 1. The van der Waals surface area contributed by atoms with Crippen LogP contribution in [0.4, 0.5) is 5.69 Å². The van der Waals surface area contributed by atoms with Crippen molar-refractivity contribution in [2.75, 3.05) is 11.5 Å². The highest BCUT2D eigenvalue weighted by atomic mass is 32.2. The molecular formula is C16H18N2S. The molecule has 0 saturated carbocycles. The third kappa shape index (κ3) is 2.77. The largest absolute Gasteiger partial charge is 0.398 e. The lowest BCUT2D eigenvalue weighted by molar-refractivity contribution is 0.510. The molecule has 1 atom stereocenters. The molecule has 0 aliphatic carbocycles. The number of hydrogen-bond donors (Lipinski definition) is 2. The van der Waals surface area contributed by atoms with Gasteiger partial charge in [-0.15, -0.1) is 11.8 Å². The van der Waals surface area contributed by atoms with Gasteiger partial charge in [-0.1, -0.05) is 36.4 Å². The van der Waals surface area contributed by atoms with Crippen molar-refractivity contribution in [1.82, 2.24) is 5.32 Å². The summed E-state index contributed by atoms with van der Waals surface area (Å²) >= 11 is 1.95. The standard InChI is InChI=1S/C16H18N2S/c17-14-7-3-1-5-12(14)11-18-15-9-10-19-16-8-4-2-6-13(15)16/h1-8,15,18H,9-11,17H2. The molecule has 0 fully saturated rings. The van der Waals surface area contributed by atoms with Crippen LogP contribution < -0.4 is 11.1 Å². The third-order valence-corrected chi connectivity index (χ3v) is 4.68. The summed E-state index contributed by atoms with van der Waals surface area (Å²) in [5.41, 5.74) is 9.46. The normalized spacial score (nSPS) is 18.0. The van der Waals surface area contributed by atoms with E-state index < -0.39 is 0 Å². The lowest BCUT2D eigenvalue weighted by Gasteiger charge is -2.26. The van der Waals surface area contributed by atoms with Crippen LogP contribution in [0.5, 0.6) is 0 Å². The zero-order chi connectivity index (χ0) is 13.1. The first-order valence-electron chi connectivity index (χ1n) is 6.63. The van der Waals surface area contributed by atoms with Gasteiger partial charge in [0.25, 0.3) is 0 Å². The van der Waals surface area contributed by atoms with Gasteiger partial charge in [0.05, 0.1) is 0 Å². The van der Waals surface area contributed by atoms with Crippen molar-refractivity contribution in [1.29, 1.82) is 0 Å². The van der Waals surface area contributed by atoms with E-state index in [0.717, 1.165) is 12.2 Å². The second-order valence-corrected chi connectivity index (χ2v) is 5.94. The molecule has 1 aliphatic heterocycles. The fraction of sp³-hybridized carbons (Fsp3) is 0.250. The van der Waals surface area contributed by atoms with Crippen molar-refractivity contribution in [3.05, 3.63) is 59.7 Å². The lowest BCUT2D eigenvalue weighted by Crippen LogP contribution is -2.24. The molecule has 0 saturated heterocycles. The highest BCUT2D eigenvalue weighted by Crippen LogP contribution is 2.35. The smallest absolute Gasteiger partial charge is 0.0359 e. The molecule has 98 valence electrons. The van der Waals surface area contributed by atoms with Gasteiger partial charge in [0.15, 0.2) is 0 Å². The first-order valence-corrected chi connectivity index (χ1v) is 7.61. The van der Waals surface area contributed by atoms with Crippen molar-refractivity contribution < 1.29 is 0 Å². The highest BCUT2D eigenvalue weighted by Gasteiger charge is 2.19. The molecule has 0 amide bonds.